The third-order valence-corrected chi connectivity index (χ3v) is 5.45. The fourth-order valence-corrected chi connectivity index (χ4v) is 4.34. The lowest BCUT2D eigenvalue weighted by atomic mass is 10.1. The molecule has 4 heteroatoms. The number of rotatable bonds is 2. The number of pyridine rings is 1. The number of para-hydroxylation sites is 1. The second-order valence-electron chi connectivity index (χ2n) is 7.37. The standard InChI is InChI=1S/C23H23N3O/c1-14(2)25-16(4)26(23-19(25)9-7-13-24-23)21-15(3)11-12-18-17-8-5-6-10-20(17)27-22(18)21/h5-14,16H,1-4H3/t16-/m0/s1/i14D. The van der Waals surface area contributed by atoms with Gasteiger partial charge in [0, 0.05) is 23.0 Å². The maximum atomic E-state index is 8.70. The Labute approximate surface area is 160 Å². The van der Waals surface area contributed by atoms with Crippen LogP contribution in [0.25, 0.3) is 21.9 Å². The quantitative estimate of drug-likeness (QED) is 0.440. The summed E-state index contributed by atoms with van der Waals surface area (Å²) in [6.45, 7) is 8.06. The first-order valence-corrected chi connectivity index (χ1v) is 9.32. The molecule has 0 saturated carbocycles. The van der Waals surface area contributed by atoms with E-state index >= 15 is 0 Å². The third kappa shape index (κ3) is 2.19. The molecule has 5 rings (SSSR count). The van der Waals surface area contributed by atoms with Gasteiger partial charge >= 0.3 is 0 Å². The van der Waals surface area contributed by atoms with Gasteiger partial charge in [-0.15, -0.1) is 0 Å². The summed E-state index contributed by atoms with van der Waals surface area (Å²) in [5.74, 6) is 0.867. The van der Waals surface area contributed by atoms with E-state index in [2.05, 4.69) is 41.8 Å². The van der Waals surface area contributed by atoms with E-state index in [9.17, 15) is 0 Å². The van der Waals surface area contributed by atoms with Gasteiger partial charge in [-0.25, -0.2) is 4.98 Å². The van der Waals surface area contributed by atoms with Crippen LogP contribution in [0, 0.1) is 6.92 Å². The van der Waals surface area contributed by atoms with E-state index in [1.54, 1.807) is 0 Å². The Morgan fingerprint density at radius 1 is 1.07 bits per heavy atom. The lowest BCUT2D eigenvalue weighted by molar-refractivity contribution is 0.602. The van der Waals surface area contributed by atoms with Crippen LogP contribution < -0.4 is 9.80 Å². The topological polar surface area (TPSA) is 32.5 Å². The molecule has 0 aliphatic carbocycles. The summed E-state index contributed by atoms with van der Waals surface area (Å²) < 4.78 is 15.0. The number of nitrogens with zero attached hydrogens (tertiary/aromatic N) is 3. The van der Waals surface area contributed by atoms with Gasteiger partial charge in [0.25, 0.3) is 0 Å². The normalized spacial score (nSPS) is 17.6. The Hall–Kier alpha value is -3.01. The van der Waals surface area contributed by atoms with Crippen molar-refractivity contribution < 1.29 is 5.79 Å². The minimum absolute atomic E-state index is 0.0603. The van der Waals surface area contributed by atoms with Crippen molar-refractivity contribution in [3.63, 3.8) is 0 Å². The average Bonchev–Trinajstić information content (AvgIpc) is 3.16. The van der Waals surface area contributed by atoms with E-state index in [1.807, 2.05) is 50.4 Å². The Bertz CT molecular complexity index is 1210. The number of fused-ring (bicyclic) bond motifs is 4. The van der Waals surface area contributed by atoms with Crippen molar-refractivity contribution in [2.24, 2.45) is 0 Å². The van der Waals surface area contributed by atoms with Gasteiger partial charge in [0.2, 0.25) is 0 Å². The van der Waals surface area contributed by atoms with E-state index in [1.165, 1.54) is 0 Å². The molecule has 0 N–H and O–H groups in total. The summed E-state index contributed by atoms with van der Waals surface area (Å²) in [7, 11) is 0. The van der Waals surface area contributed by atoms with Gasteiger partial charge in [-0.3, -0.25) is 0 Å². The average molecular weight is 358 g/mol. The maximum absolute atomic E-state index is 8.70. The number of aromatic nitrogens is 1. The van der Waals surface area contributed by atoms with Crippen molar-refractivity contribution in [1.29, 1.82) is 0 Å². The number of aryl methyl sites for hydroxylation is 1. The highest BCUT2D eigenvalue weighted by Gasteiger charge is 2.38. The molecule has 0 bridgehead atoms. The number of hydrogen-bond acceptors (Lipinski definition) is 4. The van der Waals surface area contributed by atoms with E-state index in [4.69, 9.17) is 10.8 Å². The molecule has 0 fully saturated rings. The second kappa shape index (κ2) is 5.74. The van der Waals surface area contributed by atoms with Crippen LogP contribution in [0.15, 0.2) is 59.1 Å². The van der Waals surface area contributed by atoms with Crippen LogP contribution in [0.1, 0.15) is 27.7 Å². The first kappa shape index (κ1) is 15.1. The SMILES string of the molecule is [2H]C(C)(C)N1c2cccnc2N(c2c(C)ccc3c2oc2ccccc23)[C@H]1C. The number of furan rings is 1. The van der Waals surface area contributed by atoms with Crippen molar-refractivity contribution in [2.45, 2.75) is 39.9 Å². The minimum atomic E-state index is -0.776. The fourth-order valence-electron chi connectivity index (χ4n) is 4.34. The van der Waals surface area contributed by atoms with Crippen LogP contribution in [0.4, 0.5) is 17.2 Å². The van der Waals surface area contributed by atoms with Crippen molar-refractivity contribution in [3.05, 3.63) is 60.3 Å². The van der Waals surface area contributed by atoms with Gasteiger partial charge in [0.1, 0.15) is 11.7 Å². The van der Waals surface area contributed by atoms with E-state index in [0.29, 0.717) is 0 Å². The van der Waals surface area contributed by atoms with Crippen LogP contribution in [0.5, 0.6) is 0 Å². The molecule has 0 unspecified atom stereocenters. The second-order valence-corrected chi connectivity index (χ2v) is 7.37. The largest absolute Gasteiger partial charge is 0.454 e. The molecule has 1 aliphatic heterocycles. The van der Waals surface area contributed by atoms with Crippen molar-refractivity contribution >= 4 is 39.1 Å². The predicted molar refractivity (Wildman–Crippen MR) is 112 cm³/mol. The molecular weight excluding hydrogens is 334 g/mol. The summed E-state index contributed by atoms with van der Waals surface area (Å²) in [4.78, 5) is 9.01. The summed E-state index contributed by atoms with van der Waals surface area (Å²) >= 11 is 0. The monoisotopic (exact) mass is 358 g/mol. The molecule has 0 spiro atoms. The number of benzene rings is 2. The van der Waals surface area contributed by atoms with Crippen LogP contribution in [0.3, 0.4) is 0 Å². The third-order valence-electron chi connectivity index (χ3n) is 5.45. The first-order chi connectivity index (χ1) is 13.4. The zero-order chi connectivity index (χ0) is 19.6. The highest BCUT2D eigenvalue weighted by atomic mass is 16.3. The molecule has 136 valence electrons. The van der Waals surface area contributed by atoms with Crippen LogP contribution >= 0.6 is 0 Å². The van der Waals surface area contributed by atoms with Gasteiger partial charge < -0.3 is 14.2 Å². The lowest BCUT2D eigenvalue weighted by Gasteiger charge is -2.33. The molecule has 1 atom stereocenters. The van der Waals surface area contributed by atoms with Gasteiger partial charge in [-0.1, -0.05) is 30.3 Å². The smallest absolute Gasteiger partial charge is 0.159 e. The van der Waals surface area contributed by atoms with Gasteiger partial charge in [-0.05, 0) is 51.5 Å². The Morgan fingerprint density at radius 3 is 2.70 bits per heavy atom. The van der Waals surface area contributed by atoms with Crippen molar-refractivity contribution in [3.8, 4) is 0 Å². The first-order valence-electron chi connectivity index (χ1n) is 9.82. The summed E-state index contributed by atoms with van der Waals surface area (Å²) in [5.41, 5.74) is 4.87. The molecule has 1 aliphatic rings. The molecule has 0 radical (unpaired) electrons. The molecule has 4 aromatic rings. The van der Waals surface area contributed by atoms with Crippen LogP contribution in [-0.2, 0) is 0 Å². The van der Waals surface area contributed by atoms with Crippen LogP contribution in [-0.4, -0.2) is 17.2 Å². The van der Waals surface area contributed by atoms with Gasteiger partial charge in [0.05, 0.1) is 12.7 Å². The number of anilines is 3. The summed E-state index contributed by atoms with van der Waals surface area (Å²) in [5, 5.41) is 2.22. The molecule has 0 saturated heterocycles. The lowest BCUT2D eigenvalue weighted by Crippen LogP contribution is -2.42. The maximum Gasteiger partial charge on any atom is 0.159 e. The summed E-state index contributed by atoms with van der Waals surface area (Å²) in [6.07, 6.45) is 1.75. The molecule has 3 heterocycles. The number of hydrogen-bond donors (Lipinski definition) is 0. The zero-order valence-electron chi connectivity index (χ0n) is 17.0. The molecule has 27 heavy (non-hydrogen) atoms. The zero-order valence-corrected chi connectivity index (χ0v) is 16.0. The van der Waals surface area contributed by atoms with E-state index in [0.717, 1.165) is 44.7 Å². The van der Waals surface area contributed by atoms with E-state index < -0.39 is 6.02 Å². The molecule has 2 aromatic carbocycles. The van der Waals surface area contributed by atoms with Gasteiger partial charge in [-0.2, -0.15) is 0 Å². The summed E-state index contributed by atoms with van der Waals surface area (Å²) in [6, 6.07) is 15.6. The highest BCUT2D eigenvalue weighted by molar-refractivity contribution is 6.10. The van der Waals surface area contributed by atoms with Gasteiger partial charge in [0.15, 0.2) is 11.4 Å². The molecule has 2 aromatic heterocycles. The Balaban J connectivity index is 1.82. The minimum Gasteiger partial charge on any atom is -0.454 e. The fraction of sp³-hybridized carbons (Fsp3) is 0.261. The highest BCUT2D eigenvalue weighted by Crippen LogP contribution is 2.47. The van der Waals surface area contributed by atoms with E-state index in [-0.39, 0.29) is 6.17 Å². The molecule has 0 amide bonds. The van der Waals surface area contributed by atoms with Crippen molar-refractivity contribution in [2.75, 3.05) is 9.80 Å². The van der Waals surface area contributed by atoms with Crippen LogP contribution in [0.2, 0.25) is 0 Å². The molecule has 4 nitrogen and oxygen atoms in total. The predicted octanol–water partition coefficient (Wildman–Crippen LogP) is 6.00. The Kier molecular flexibility index (Phi) is 3.21. The van der Waals surface area contributed by atoms with Crippen molar-refractivity contribution in [1.82, 2.24) is 4.98 Å². The Morgan fingerprint density at radius 2 is 1.89 bits per heavy atom. The molecular formula is C23H23N3O.